The minimum absolute atomic E-state index is 0.266. The van der Waals surface area contributed by atoms with E-state index in [2.05, 4.69) is 21.8 Å². The molecule has 9 heteroatoms. The van der Waals surface area contributed by atoms with Crippen molar-refractivity contribution in [2.75, 3.05) is 12.3 Å². The van der Waals surface area contributed by atoms with Crippen LogP contribution in [0, 0.1) is 11.8 Å². The second-order valence-electron chi connectivity index (χ2n) is 4.20. The van der Waals surface area contributed by atoms with Gasteiger partial charge in [-0.3, -0.25) is 4.57 Å². The number of hydrogen-bond acceptors (Lipinski definition) is 8. The maximum atomic E-state index is 11.9. The van der Waals surface area contributed by atoms with Crippen molar-refractivity contribution in [2.45, 2.75) is 30.9 Å². The second-order valence-corrected chi connectivity index (χ2v) is 4.20. The van der Waals surface area contributed by atoms with Crippen molar-refractivity contribution >= 4 is 5.95 Å². The van der Waals surface area contributed by atoms with Crippen LogP contribution in [0.25, 0.3) is 0 Å². The van der Waals surface area contributed by atoms with E-state index in [1.54, 1.807) is 0 Å². The van der Waals surface area contributed by atoms with Crippen LogP contribution in [-0.2, 0) is 4.74 Å². The van der Waals surface area contributed by atoms with Crippen molar-refractivity contribution in [3.8, 4) is 11.8 Å². The maximum Gasteiger partial charge on any atom is 0.354 e. The summed E-state index contributed by atoms with van der Waals surface area (Å²) < 4.78 is 20.7. The molecule has 4 atom stereocenters. The van der Waals surface area contributed by atoms with Crippen molar-refractivity contribution in [2.24, 2.45) is 5.73 Å². The summed E-state index contributed by atoms with van der Waals surface area (Å²) in [4.78, 5) is 18.9. The minimum atomic E-state index is -2.90. The fourth-order valence-electron chi connectivity index (χ4n) is 1.99. The van der Waals surface area contributed by atoms with Gasteiger partial charge in [-0.05, 0) is 6.92 Å². The third kappa shape index (κ3) is 2.14. The Morgan fingerprint density at radius 3 is 3.00 bits per heavy atom. The molecular formula is C11H15N5O4. The van der Waals surface area contributed by atoms with E-state index < -0.39 is 36.2 Å². The van der Waals surface area contributed by atoms with Crippen molar-refractivity contribution in [3.63, 3.8) is 0 Å². The van der Waals surface area contributed by atoms with E-state index in [9.17, 15) is 15.0 Å². The van der Waals surface area contributed by atoms with Crippen LogP contribution in [0.5, 0.6) is 0 Å². The van der Waals surface area contributed by atoms with Crippen LogP contribution in [0.3, 0.4) is 0 Å². The molecule has 1 aromatic heterocycles. The van der Waals surface area contributed by atoms with Crippen LogP contribution in [0.1, 0.15) is 15.9 Å². The number of rotatable bonds is 2. The summed E-state index contributed by atoms with van der Waals surface area (Å²) in [6, 6.07) is 0. The first-order chi connectivity index (χ1) is 10.1. The summed E-state index contributed by atoms with van der Waals surface area (Å²) in [5.74, 6) is 4.71. The number of aromatic nitrogens is 3. The van der Waals surface area contributed by atoms with Gasteiger partial charge in [-0.15, -0.1) is 5.92 Å². The standard InChI is InChI=1S/C11H15N5O4/c1-2-3-11(13)7(18)6(4-17)20-8(11)16-5-14-9(12)15-10(16)19/h5-8,17-18H,4,13H2,1H3,(H2,12,15,19)/t6-,7+,8-,11?/m1/s1/i4D2. The highest BCUT2D eigenvalue weighted by molar-refractivity contribution is 5.25. The Hall–Kier alpha value is -1.99. The number of nitrogen functional groups attached to an aromatic ring is 1. The van der Waals surface area contributed by atoms with Gasteiger partial charge in [0.25, 0.3) is 0 Å². The molecule has 1 aliphatic heterocycles. The van der Waals surface area contributed by atoms with Crippen LogP contribution < -0.4 is 17.2 Å². The molecule has 0 aromatic carbocycles. The predicted molar refractivity (Wildman–Crippen MR) is 68.1 cm³/mol. The van der Waals surface area contributed by atoms with Gasteiger partial charge in [0.05, 0.1) is 9.30 Å². The third-order valence-corrected chi connectivity index (χ3v) is 2.93. The summed E-state index contributed by atoms with van der Waals surface area (Å²) in [6.07, 6.45) is -3.83. The van der Waals surface area contributed by atoms with Crippen LogP contribution in [-0.4, -0.2) is 49.1 Å². The first kappa shape index (κ1) is 11.8. The van der Waals surface area contributed by atoms with Gasteiger partial charge in [-0.1, -0.05) is 5.92 Å². The Balaban J connectivity index is 2.57. The second kappa shape index (κ2) is 5.18. The van der Waals surface area contributed by atoms with Crippen LogP contribution in [0.2, 0.25) is 0 Å². The van der Waals surface area contributed by atoms with Crippen molar-refractivity contribution < 1.29 is 17.7 Å². The lowest BCUT2D eigenvalue weighted by atomic mass is 9.91. The quantitative estimate of drug-likeness (QED) is 0.425. The van der Waals surface area contributed by atoms with Crippen molar-refractivity contribution in [1.82, 2.24) is 14.5 Å². The number of hydrogen-bond donors (Lipinski definition) is 4. The number of nitrogens with two attached hydrogens (primary N) is 2. The molecule has 0 aliphatic carbocycles. The fourth-order valence-corrected chi connectivity index (χ4v) is 1.99. The van der Waals surface area contributed by atoms with Gasteiger partial charge in [0.1, 0.15) is 18.5 Å². The summed E-state index contributed by atoms with van der Waals surface area (Å²) in [5.41, 5.74) is 8.59. The molecule has 20 heavy (non-hydrogen) atoms. The maximum absolute atomic E-state index is 11.9. The SMILES string of the molecule is [2H]C([2H])(O)[C@H]1O[C@@H](n2cnc(N)nc2=O)C(N)(C#CC)[C@H]1O. The molecule has 0 saturated carbocycles. The number of anilines is 1. The Kier molecular flexibility index (Phi) is 3.06. The van der Waals surface area contributed by atoms with E-state index in [-0.39, 0.29) is 5.95 Å². The summed E-state index contributed by atoms with van der Waals surface area (Å²) >= 11 is 0. The molecule has 108 valence electrons. The van der Waals surface area contributed by atoms with E-state index in [4.69, 9.17) is 18.9 Å². The van der Waals surface area contributed by atoms with E-state index in [1.165, 1.54) is 6.92 Å². The summed E-state index contributed by atoms with van der Waals surface area (Å²) in [6.45, 7) is -1.45. The van der Waals surface area contributed by atoms with E-state index in [1.807, 2.05) is 0 Å². The fraction of sp³-hybridized carbons (Fsp3) is 0.545. The van der Waals surface area contributed by atoms with Gasteiger partial charge < -0.3 is 26.4 Å². The van der Waals surface area contributed by atoms with Crippen LogP contribution >= 0.6 is 0 Å². The van der Waals surface area contributed by atoms with Gasteiger partial charge in [0.15, 0.2) is 11.8 Å². The highest BCUT2D eigenvalue weighted by Crippen LogP contribution is 2.35. The molecule has 1 aliphatic rings. The van der Waals surface area contributed by atoms with Gasteiger partial charge in [0, 0.05) is 0 Å². The number of aliphatic hydroxyl groups excluding tert-OH is 1. The van der Waals surface area contributed by atoms with Gasteiger partial charge in [-0.25, -0.2) is 9.78 Å². The molecule has 0 amide bonds. The first-order valence-electron chi connectivity index (χ1n) is 6.60. The number of aliphatic hydroxyl groups is 2. The molecule has 2 rings (SSSR count). The van der Waals surface area contributed by atoms with Crippen molar-refractivity contribution in [1.29, 1.82) is 0 Å². The molecule has 1 saturated heterocycles. The Labute approximate surface area is 117 Å². The zero-order valence-corrected chi connectivity index (χ0v) is 10.5. The highest BCUT2D eigenvalue weighted by Gasteiger charge is 2.54. The smallest absolute Gasteiger partial charge is 0.354 e. The zero-order valence-electron chi connectivity index (χ0n) is 12.5. The molecular weight excluding hydrogens is 266 g/mol. The molecule has 1 aromatic rings. The first-order valence-corrected chi connectivity index (χ1v) is 5.60. The largest absolute Gasteiger partial charge is 0.394 e. The zero-order chi connectivity index (χ0) is 16.7. The molecule has 0 radical (unpaired) electrons. The predicted octanol–water partition coefficient (Wildman–Crippen LogP) is -2.81. The molecule has 1 unspecified atom stereocenters. The van der Waals surface area contributed by atoms with E-state index in [0.717, 1.165) is 10.9 Å². The minimum Gasteiger partial charge on any atom is -0.394 e. The Morgan fingerprint density at radius 1 is 1.75 bits per heavy atom. The molecule has 0 spiro atoms. The number of ether oxygens (including phenoxy) is 1. The molecule has 9 nitrogen and oxygen atoms in total. The average Bonchev–Trinajstić information content (AvgIpc) is 2.63. The number of nitrogens with zero attached hydrogens (tertiary/aromatic N) is 3. The Morgan fingerprint density at radius 2 is 2.45 bits per heavy atom. The topological polar surface area (TPSA) is 150 Å². The Bertz CT molecular complexity index is 694. The van der Waals surface area contributed by atoms with Gasteiger partial charge >= 0.3 is 5.69 Å². The molecule has 6 N–H and O–H groups in total. The van der Waals surface area contributed by atoms with Gasteiger partial charge in [0.2, 0.25) is 5.95 Å². The summed E-state index contributed by atoms with van der Waals surface area (Å²) in [7, 11) is 0. The lowest BCUT2D eigenvalue weighted by Crippen LogP contribution is -2.55. The van der Waals surface area contributed by atoms with E-state index >= 15 is 0 Å². The van der Waals surface area contributed by atoms with E-state index in [0.29, 0.717) is 0 Å². The van der Waals surface area contributed by atoms with Crippen molar-refractivity contribution in [3.05, 3.63) is 16.8 Å². The third-order valence-electron chi connectivity index (χ3n) is 2.93. The molecule has 0 bridgehead atoms. The van der Waals surface area contributed by atoms with Crippen LogP contribution in [0.4, 0.5) is 5.95 Å². The van der Waals surface area contributed by atoms with Crippen LogP contribution in [0.15, 0.2) is 11.1 Å². The summed E-state index contributed by atoms with van der Waals surface area (Å²) in [5, 5.41) is 19.7. The molecule has 2 heterocycles. The highest BCUT2D eigenvalue weighted by atomic mass is 16.5. The monoisotopic (exact) mass is 283 g/mol. The lowest BCUT2D eigenvalue weighted by molar-refractivity contribution is -0.0480. The normalized spacial score (nSPS) is 34.9. The average molecular weight is 283 g/mol. The lowest BCUT2D eigenvalue weighted by Gasteiger charge is -2.27. The van der Waals surface area contributed by atoms with Gasteiger partial charge in [-0.2, -0.15) is 4.98 Å². The molecule has 1 fully saturated rings.